The molecule has 0 spiro atoms. The van der Waals surface area contributed by atoms with Crippen LogP contribution >= 0.6 is 11.3 Å². The van der Waals surface area contributed by atoms with Gasteiger partial charge in [-0.2, -0.15) is 0 Å². The zero-order valence-corrected chi connectivity index (χ0v) is 15.0. The monoisotopic (exact) mass is 361 g/mol. The van der Waals surface area contributed by atoms with Gasteiger partial charge in [0.05, 0.1) is 30.6 Å². The number of ether oxygens (including phenoxy) is 1. The molecule has 2 atom stereocenters. The normalized spacial score (nSPS) is 20.0. The predicted octanol–water partition coefficient (Wildman–Crippen LogP) is 2.73. The molecular formula is C17H20FN5OS. The number of fused-ring (bicyclic) bond motifs is 1. The molecule has 1 fully saturated rings. The smallest absolute Gasteiger partial charge is 0.214 e. The van der Waals surface area contributed by atoms with E-state index in [4.69, 9.17) is 4.74 Å². The van der Waals surface area contributed by atoms with Gasteiger partial charge >= 0.3 is 0 Å². The van der Waals surface area contributed by atoms with Gasteiger partial charge in [-0.05, 0) is 38.2 Å². The van der Waals surface area contributed by atoms with Gasteiger partial charge < -0.3 is 15.0 Å². The average molecular weight is 361 g/mol. The van der Waals surface area contributed by atoms with Gasteiger partial charge in [-0.1, -0.05) is 11.3 Å². The number of imidazole rings is 1. The summed E-state index contributed by atoms with van der Waals surface area (Å²) in [4.78, 5) is 7.66. The molecule has 8 heteroatoms. The summed E-state index contributed by atoms with van der Waals surface area (Å²) in [6.07, 6.45) is 2.00. The second kappa shape index (κ2) is 6.70. The number of halogens is 1. The molecule has 3 heterocycles. The van der Waals surface area contributed by atoms with Crippen molar-refractivity contribution in [3.8, 4) is 11.3 Å². The largest absolute Gasteiger partial charge is 0.373 e. The van der Waals surface area contributed by atoms with Crippen molar-refractivity contribution >= 4 is 21.4 Å². The molecule has 25 heavy (non-hydrogen) atoms. The first-order valence-corrected chi connectivity index (χ1v) is 9.09. The fourth-order valence-electron chi connectivity index (χ4n) is 2.92. The number of aromatic nitrogens is 3. The van der Waals surface area contributed by atoms with Gasteiger partial charge in [-0.3, -0.25) is 0 Å². The highest BCUT2D eigenvalue weighted by molar-refractivity contribution is 7.20. The summed E-state index contributed by atoms with van der Waals surface area (Å²) in [7, 11) is 2.11. The number of nitrogens with zero attached hydrogens (tertiary/aromatic N) is 4. The second-order valence-electron chi connectivity index (χ2n) is 6.37. The number of benzene rings is 1. The maximum absolute atomic E-state index is 13.0. The minimum absolute atomic E-state index is 0.143. The van der Waals surface area contributed by atoms with E-state index in [2.05, 4.69) is 34.3 Å². The van der Waals surface area contributed by atoms with Crippen LogP contribution in [-0.4, -0.2) is 58.4 Å². The number of nitrogens with one attached hydrogen (secondary N) is 1. The van der Waals surface area contributed by atoms with E-state index in [1.54, 1.807) is 16.6 Å². The highest BCUT2D eigenvalue weighted by atomic mass is 32.1. The Morgan fingerprint density at radius 3 is 2.88 bits per heavy atom. The second-order valence-corrected chi connectivity index (χ2v) is 7.33. The zero-order chi connectivity index (χ0) is 17.4. The molecule has 0 bridgehead atoms. The van der Waals surface area contributed by atoms with Crippen molar-refractivity contribution in [2.45, 2.75) is 19.1 Å². The molecule has 0 aliphatic carbocycles. The Balaban J connectivity index is 1.48. The molecule has 1 N–H and O–H groups in total. The first-order valence-electron chi connectivity index (χ1n) is 8.27. The Hall–Kier alpha value is -2.03. The molecule has 1 aliphatic rings. The van der Waals surface area contributed by atoms with Crippen molar-refractivity contribution in [2.24, 2.45) is 0 Å². The lowest BCUT2D eigenvalue weighted by atomic mass is 10.1. The molecule has 0 amide bonds. The molecule has 3 aromatic rings. The Labute approximate surface area is 149 Å². The van der Waals surface area contributed by atoms with Crippen LogP contribution in [0, 0.1) is 5.82 Å². The molecule has 1 aromatic carbocycles. The summed E-state index contributed by atoms with van der Waals surface area (Å²) in [5.74, 6) is -0.251. The summed E-state index contributed by atoms with van der Waals surface area (Å²) >= 11 is 1.50. The van der Waals surface area contributed by atoms with E-state index in [1.807, 2.05) is 6.20 Å². The van der Waals surface area contributed by atoms with Crippen LogP contribution in [0.15, 0.2) is 30.5 Å². The lowest BCUT2D eigenvalue weighted by Crippen LogP contribution is -2.47. The molecule has 132 valence electrons. The molecule has 1 aliphatic heterocycles. The van der Waals surface area contributed by atoms with Crippen LogP contribution in [0.3, 0.4) is 0 Å². The van der Waals surface area contributed by atoms with Gasteiger partial charge in [-0.15, -0.1) is 5.10 Å². The molecule has 4 rings (SSSR count). The van der Waals surface area contributed by atoms with E-state index in [9.17, 15) is 4.39 Å². The van der Waals surface area contributed by atoms with Crippen molar-refractivity contribution in [3.05, 3.63) is 36.3 Å². The maximum Gasteiger partial charge on any atom is 0.214 e. The molecule has 1 saturated heterocycles. The van der Waals surface area contributed by atoms with E-state index in [0.29, 0.717) is 0 Å². The topological polar surface area (TPSA) is 54.7 Å². The minimum Gasteiger partial charge on any atom is -0.373 e. The standard InChI is InChI=1S/C17H20FN5OS/c1-11(15-10-22(2)7-8-24-15)19-16-21-23-9-14(20-17(23)25-16)12-3-5-13(18)6-4-12/h3-6,9,11,15H,7-8,10H2,1-2H3,(H,19,21). The first kappa shape index (κ1) is 16.4. The Kier molecular flexibility index (Phi) is 4.41. The summed E-state index contributed by atoms with van der Waals surface area (Å²) in [5.41, 5.74) is 1.66. The third kappa shape index (κ3) is 3.51. The third-order valence-corrected chi connectivity index (χ3v) is 5.24. The van der Waals surface area contributed by atoms with Gasteiger partial charge in [-0.25, -0.2) is 13.9 Å². The van der Waals surface area contributed by atoms with Crippen molar-refractivity contribution < 1.29 is 9.13 Å². The van der Waals surface area contributed by atoms with Gasteiger partial charge in [0.25, 0.3) is 0 Å². The maximum atomic E-state index is 13.0. The minimum atomic E-state index is -0.251. The summed E-state index contributed by atoms with van der Waals surface area (Å²) < 4.78 is 20.6. The highest BCUT2D eigenvalue weighted by Crippen LogP contribution is 2.25. The van der Waals surface area contributed by atoms with Crippen LogP contribution in [0.5, 0.6) is 0 Å². The number of hydrogen-bond acceptors (Lipinski definition) is 6. The number of anilines is 1. The van der Waals surface area contributed by atoms with Crippen LogP contribution in [-0.2, 0) is 4.74 Å². The van der Waals surface area contributed by atoms with Crippen LogP contribution in [0.25, 0.3) is 16.2 Å². The molecule has 2 unspecified atom stereocenters. The first-order chi connectivity index (χ1) is 12.1. The average Bonchev–Trinajstić information content (AvgIpc) is 3.14. The zero-order valence-electron chi connectivity index (χ0n) is 14.1. The fourth-order valence-corrected chi connectivity index (χ4v) is 3.80. The van der Waals surface area contributed by atoms with Crippen molar-refractivity contribution in [1.82, 2.24) is 19.5 Å². The van der Waals surface area contributed by atoms with Crippen LogP contribution in [0.2, 0.25) is 0 Å². The Morgan fingerprint density at radius 1 is 1.36 bits per heavy atom. The van der Waals surface area contributed by atoms with E-state index in [-0.39, 0.29) is 18.0 Å². The highest BCUT2D eigenvalue weighted by Gasteiger charge is 2.24. The summed E-state index contributed by atoms with van der Waals surface area (Å²) in [5, 5.41) is 8.79. The van der Waals surface area contributed by atoms with Gasteiger partial charge in [0.1, 0.15) is 5.82 Å². The molecule has 0 radical (unpaired) electrons. The number of morpholine rings is 1. The summed E-state index contributed by atoms with van der Waals surface area (Å²) in [6.45, 7) is 4.75. The van der Waals surface area contributed by atoms with Crippen LogP contribution in [0.1, 0.15) is 6.92 Å². The van der Waals surface area contributed by atoms with Crippen molar-refractivity contribution in [3.63, 3.8) is 0 Å². The Bertz CT molecular complexity index is 830. The van der Waals surface area contributed by atoms with Gasteiger partial charge in [0, 0.05) is 18.7 Å². The number of likely N-dealkylation sites (N-methyl/N-ethyl adjacent to an activating group) is 1. The fraction of sp³-hybridized carbons (Fsp3) is 0.412. The van der Waals surface area contributed by atoms with Gasteiger partial charge in [0.2, 0.25) is 10.1 Å². The van der Waals surface area contributed by atoms with Crippen molar-refractivity contribution in [2.75, 3.05) is 32.1 Å². The van der Waals surface area contributed by atoms with E-state index < -0.39 is 0 Å². The van der Waals surface area contributed by atoms with E-state index in [1.165, 1.54) is 23.5 Å². The number of rotatable bonds is 4. The molecule has 2 aromatic heterocycles. The molecule has 0 saturated carbocycles. The van der Waals surface area contributed by atoms with E-state index >= 15 is 0 Å². The van der Waals surface area contributed by atoms with Crippen LogP contribution in [0.4, 0.5) is 9.52 Å². The predicted molar refractivity (Wildman–Crippen MR) is 96.6 cm³/mol. The SMILES string of the molecule is CC(Nc1nn2cc(-c3ccc(F)cc3)nc2s1)C1CN(C)CCO1. The summed E-state index contributed by atoms with van der Waals surface area (Å²) in [6, 6.07) is 6.48. The van der Waals surface area contributed by atoms with Crippen LogP contribution < -0.4 is 5.32 Å². The van der Waals surface area contributed by atoms with Gasteiger partial charge in [0.15, 0.2) is 0 Å². The van der Waals surface area contributed by atoms with E-state index in [0.717, 1.165) is 41.0 Å². The molecular weight excluding hydrogens is 341 g/mol. The Morgan fingerprint density at radius 2 is 2.16 bits per heavy atom. The van der Waals surface area contributed by atoms with Crippen molar-refractivity contribution in [1.29, 1.82) is 0 Å². The number of hydrogen-bond donors (Lipinski definition) is 1. The third-order valence-electron chi connectivity index (χ3n) is 4.39. The quantitative estimate of drug-likeness (QED) is 0.774. The molecule has 6 nitrogen and oxygen atoms in total. The lowest BCUT2D eigenvalue weighted by molar-refractivity contribution is -0.0259. The lowest BCUT2D eigenvalue weighted by Gasteiger charge is -2.33.